The highest BCUT2D eigenvalue weighted by Gasteiger charge is 2.27. The van der Waals surface area contributed by atoms with Crippen LogP contribution >= 0.6 is 11.3 Å². The number of Topliss-reactive ketones (excluding diaryl/α,β-unsaturated/α-hetero) is 1. The van der Waals surface area contributed by atoms with E-state index in [-0.39, 0.29) is 36.0 Å². The van der Waals surface area contributed by atoms with Crippen LogP contribution < -0.4 is 4.90 Å². The minimum Gasteiger partial charge on any atom is -0.469 e. The number of ketones is 1. The Morgan fingerprint density at radius 1 is 1.05 bits per heavy atom. The van der Waals surface area contributed by atoms with E-state index in [1.807, 2.05) is 65.1 Å². The Bertz CT molecular complexity index is 1350. The van der Waals surface area contributed by atoms with E-state index in [0.717, 1.165) is 34.3 Å². The number of methoxy groups -OCH3 is 1. The number of carbonyl (C=O) groups excluding carboxylic acids is 4. The van der Waals surface area contributed by atoms with Gasteiger partial charge in [0.25, 0.3) is 0 Å². The number of likely N-dealkylation sites (tertiary alicyclic amines) is 1. The zero-order valence-electron chi connectivity index (χ0n) is 23.7. The van der Waals surface area contributed by atoms with Crippen LogP contribution in [0.1, 0.15) is 67.9 Å². The normalized spacial score (nSPS) is 13.9. The van der Waals surface area contributed by atoms with Gasteiger partial charge in [-0.25, -0.2) is 0 Å². The average Bonchev–Trinajstić information content (AvgIpc) is 3.54. The van der Waals surface area contributed by atoms with Crippen molar-refractivity contribution in [2.75, 3.05) is 31.6 Å². The number of esters is 1. The molecule has 0 aliphatic carbocycles. The summed E-state index contributed by atoms with van der Waals surface area (Å²) in [5, 5.41) is 1.99. The third kappa shape index (κ3) is 7.18. The van der Waals surface area contributed by atoms with Crippen molar-refractivity contribution >= 4 is 50.8 Å². The van der Waals surface area contributed by atoms with Crippen molar-refractivity contribution in [1.29, 1.82) is 0 Å². The maximum Gasteiger partial charge on any atom is 0.305 e. The number of rotatable bonds is 12. The number of hydrogen-bond acceptors (Lipinski definition) is 6. The number of aromatic nitrogens is 1. The molecule has 0 N–H and O–H groups in total. The van der Waals surface area contributed by atoms with Gasteiger partial charge in [0.2, 0.25) is 11.8 Å². The maximum absolute atomic E-state index is 13.5. The number of likely N-dealkylation sites (N-methyl/N-ethyl adjacent to an activating group) is 1. The summed E-state index contributed by atoms with van der Waals surface area (Å²) in [6.07, 6.45) is 4.04. The summed E-state index contributed by atoms with van der Waals surface area (Å²) in [4.78, 5) is 54.5. The molecule has 8 nitrogen and oxygen atoms in total. The number of hydrogen-bond donors (Lipinski definition) is 0. The number of thiophene rings is 1. The van der Waals surface area contributed by atoms with E-state index in [2.05, 4.69) is 4.74 Å². The highest BCUT2D eigenvalue weighted by Crippen LogP contribution is 2.29. The van der Waals surface area contributed by atoms with Crippen LogP contribution in [0.5, 0.6) is 0 Å². The number of carbonyl (C=O) groups is 4. The first-order valence-electron chi connectivity index (χ1n) is 14.1. The van der Waals surface area contributed by atoms with Crippen LogP contribution in [0.3, 0.4) is 0 Å². The lowest BCUT2D eigenvalue weighted by Gasteiger charge is -2.32. The van der Waals surface area contributed by atoms with Crippen LogP contribution in [0.15, 0.2) is 41.8 Å². The van der Waals surface area contributed by atoms with Gasteiger partial charge < -0.3 is 19.1 Å². The standard InChI is InChI=1S/C31H39N3O5S/c1-4-33(24-9-7-8-22(2)18-24)30(37)21-34-25-14-17-40-28(25)20-26(34)27(35)19-23-12-15-32(16-13-23)29(36)10-5-6-11-31(38)39-3/h7-9,14,17-18,20,23H,4-6,10-13,15-16,19,21H2,1-3H3. The number of benzene rings is 1. The third-order valence-corrected chi connectivity index (χ3v) is 8.58. The first-order valence-corrected chi connectivity index (χ1v) is 15.0. The SMILES string of the molecule is CCN(C(=O)Cn1c(C(=O)CC2CCN(C(=O)CCCCC(=O)OC)CC2)cc2sccc21)c1cccc(C)c1. The van der Waals surface area contributed by atoms with Crippen LogP contribution in [-0.2, 0) is 25.7 Å². The van der Waals surface area contributed by atoms with Crippen molar-refractivity contribution in [2.45, 2.75) is 65.3 Å². The van der Waals surface area contributed by atoms with Crippen LogP contribution in [0.25, 0.3) is 10.2 Å². The van der Waals surface area contributed by atoms with Crippen molar-refractivity contribution < 1.29 is 23.9 Å². The van der Waals surface area contributed by atoms with Crippen LogP contribution in [0, 0.1) is 12.8 Å². The largest absolute Gasteiger partial charge is 0.469 e. The fourth-order valence-electron chi connectivity index (χ4n) is 5.46. The minimum atomic E-state index is -0.248. The predicted octanol–water partition coefficient (Wildman–Crippen LogP) is 5.61. The van der Waals surface area contributed by atoms with Gasteiger partial charge in [-0.1, -0.05) is 12.1 Å². The molecule has 0 bridgehead atoms. The van der Waals surface area contributed by atoms with Crippen LogP contribution in [-0.4, -0.2) is 59.8 Å². The van der Waals surface area contributed by atoms with Gasteiger partial charge in [0.15, 0.2) is 5.78 Å². The lowest BCUT2D eigenvalue weighted by Crippen LogP contribution is -2.39. The molecule has 1 aliphatic heterocycles. The Hall–Kier alpha value is -3.46. The van der Waals surface area contributed by atoms with Crippen molar-refractivity contribution in [1.82, 2.24) is 9.47 Å². The van der Waals surface area contributed by atoms with Crippen molar-refractivity contribution in [2.24, 2.45) is 5.92 Å². The fraction of sp³-hybridized carbons (Fsp3) is 0.484. The number of nitrogens with zero attached hydrogens (tertiary/aromatic N) is 3. The average molecular weight is 566 g/mol. The Balaban J connectivity index is 1.36. The fourth-order valence-corrected chi connectivity index (χ4v) is 6.28. The second-order valence-electron chi connectivity index (χ2n) is 10.5. The number of amides is 2. The third-order valence-electron chi connectivity index (χ3n) is 7.72. The van der Waals surface area contributed by atoms with Gasteiger partial charge >= 0.3 is 5.97 Å². The molecule has 1 aliphatic rings. The van der Waals surface area contributed by atoms with Gasteiger partial charge in [-0.15, -0.1) is 11.3 Å². The highest BCUT2D eigenvalue weighted by atomic mass is 32.1. The summed E-state index contributed by atoms with van der Waals surface area (Å²) in [7, 11) is 1.37. The maximum atomic E-state index is 13.5. The molecule has 1 saturated heterocycles. The summed E-state index contributed by atoms with van der Waals surface area (Å²) < 4.78 is 7.52. The van der Waals surface area contributed by atoms with Gasteiger partial charge in [-0.3, -0.25) is 19.2 Å². The molecule has 1 fully saturated rings. The highest BCUT2D eigenvalue weighted by molar-refractivity contribution is 7.17. The molecule has 0 radical (unpaired) electrons. The summed E-state index contributed by atoms with van der Waals surface area (Å²) in [6, 6.07) is 11.8. The number of anilines is 1. The molecule has 3 aromatic rings. The zero-order chi connectivity index (χ0) is 28.6. The van der Waals surface area contributed by atoms with Crippen molar-refractivity contribution in [3.63, 3.8) is 0 Å². The summed E-state index contributed by atoms with van der Waals surface area (Å²) in [5.74, 6) is 0.0534. The Morgan fingerprint density at radius 2 is 1.80 bits per heavy atom. The lowest BCUT2D eigenvalue weighted by molar-refractivity contribution is -0.141. The first-order chi connectivity index (χ1) is 19.3. The van der Waals surface area contributed by atoms with E-state index in [4.69, 9.17) is 0 Å². The van der Waals surface area contributed by atoms with E-state index in [1.54, 1.807) is 16.2 Å². The molecule has 4 rings (SSSR count). The molecule has 214 valence electrons. The minimum absolute atomic E-state index is 0.0439. The van der Waals surface area contributed by atoms with Gasteiger partial charge in [-0.2, -0.15) is 0 Å². The van der Waals surface area contributed by atoms with Gasteiger partial charge in [-0.05, 0) is 80.7 Å². The summed E-state index contributed by atoms with van der Waals surface area (Å²) >= 11 is 1.57. The topological polar surface area (TPSA) is 88.9 Å². The number of fused-ring (bicyclic) bond motifs is 1. The quantitative estimate of drug-likeness (QED) is 0.162. The molecule has 9 heteroatoms. The Labute approximate surface area is 239 Å². The molecular formula is C31H39N3O5S. The number of aryl methyl sites for hydroxylation is 1. The lowest BCUT2D eigenvalue weighted by atomic mass is 9.90. The second-order valence-corrected chi connectivity index (χ2v) is 11.4. The van der Waals surface area contributed by atoms with E-state index < -0.39 is 0 Å². The molecular weight excluding hydrogens is 526 g/mol. The molecule has 3 heterocycles. The van der Waals surface area contributed by atoms with E-state index in [0.29, 0.717) is 57.4 Å². The van der Waals surface area contributed by atoms with E-state index in [1.165, 1.54) is 7.11 Å². The smallest absolute Gasteiger partial charge is 0.305 e. The van der Waals surface area contributed by atoms with Crippen LogP contribution in [0.4, 0.5) is 5.69 Å². The van der Waals surface area contributed by atoms with Gasteiger partial charge in [0.1, 0.15) is 6.54 Å². The van der Waals surface area contributed by atoms with Gasteiger partial charge in [0, 0.05) is 44.6 Å². The molecule has 1 aromatic carbocycles. The molecule has 0 atom stereocenters. The van der Waals surface area contributed by atoms with Crippen molar-refractivity contribution in [3.8, 4) is 0 Å². The Kier molecular flexibility index (Phi) is 10.1. The molecule has 40 heavy (non-hydrogen) atoms. The number of unbranched alkanes of at least 4 members (excludes halogenated alkanes) is 1. The second kappa shape index (κ2) is 13.7. The predicted molar refractivity (Wildman–Crippen MR) is 158 cm³/mol. The molecule has 2 aromatic heterocycles. The molecule has 0 saturated carbocycles. The van der Waals surface area contributed by atoms with E-state index in [9.17, 15) is 19.2 Å². The summed E-state index contributed by atoms with van der Waals surface area (Å²) in [5.41, 5.74) is 3.44. The molecule has 2 amide bonds. The monoisotopic (exact) mass is 565 g/mol. The zero-order valence-corrected chi connectivity index (χ0v) is 24.5. The van der Waals surface area contributed by atoms with Crippen LogP contribution in [0.2, 0.25) is 0 Å². The summed E-state index contributed by atoms with van der Waals surface area (Å²) in [6.45, 7) is 5.90. The molecule has 0 unspecified atom stereocenters. The van der Waals surface area contributed by atoms with Gasteiger partial charge in [0.05, 0.1) is 23.0 Å². The first kappa shape index (κ1) is 29.5. The molecule has 0 spiro atoms. The number of ether oxygens (including phenoxy) is 1. The van der Waals surface area contributed by atoms with Crippen molar-refractivity contribution in [3.05, 3.63) is 53.0 Å². The number of piperidine rings is 1. The van der Waals surface area contributed by atoms with E-state index >= 15 is 0 Å². The Morgan fingerprint density at radius 3 is 2.50 bits per heavy atom.